The van der Waals surface area contributed by atoms with Crippen LogP contribution in [-0.2, 0) is 11.2 Å². The van der Waals surface area contributed by atoms with Crippen molar-refractivity contribution in [1.82, 2.24) is 25.1 Å². The zero-order valence-electron chi connectivity index (χ0n) is 17.0. The van der Waals surface area contributed by atoms with E-state index in [0.717, 1.165) is 67.5 Å². The van der Waals surface area contributed by atoms with Crippen molar-refractivity contribution in [2.24, 2.45) is 0 Å². The summed E-state index contributed by atoms with van der Waals surface area (Å²) in [6.07, 6.45) is 5.79. The number of piperazine rings is 1. The van der Waals surface area contributed by atoms with Gasteiger partial charge in [0.15, 0.2) is 5.82 Å². The Labute approximate surface area is 169 Å². The molecule has 1 saturated heterocycles. The number of aromatic amines is 1. The van der Waals surface area contributed by atoms with Gasteiger partial charge in [-0.3, -0.25) is 9.59 Å². The molecule has 0 bridgehead atoms. The zero-order chi connectivity index (χ0) is 20.4. The minimum atomic E-state index is -0.115. The van der Waals surface area contributed by atoms with E-state index in [4.69, 9.17) is 0 Å². The van der Waals surface area contributed by atoms with Gasteiger partial charge < -0.3 is 14.7 Å². The minimum Gasteiger partial charge on any atom is -0.355 e. The molecule has 0 aromatic carbocycles. The lowest BCUT2D eigenvalue weighted by molar-refractivity contribution is -0.131. The van der Waals surface area contributed by atoms with Crippen LogP contribution in [0.25, 0.3) is 0 Å². The van der Waals surface area contributed by atoms with Crippen LogP contribution < -0.4 is 15.4 Å². The molecule has 0 unspecified atom stereocenters. The van der Waals surface area contributed by atoms with Crippen LogP contribution in [-0.4, -0.2) is 70.2 Å². The van der Waals surface area contributed by atoms with Crippen molar-refractivity contribution < 1.29 is 4.79 Å². The number of hydrogen-bond acceptors (Lipinski definition) is 7. The molecule has 0 spiro atoms. The van der Waals surface area contributed by atoms with Crippen molar-refractivity contribution in [3.8, 4) is 0 Å². The van der Waals surface area contributed by atoms with Crippen LogP contribution in [0.1, 0.15) is 29.5 Å². The van der Waals surface area contributed by atoms with Crippen LogP contribution in [0, 0.1) is 13.8 Å². The lowest BCUT2D eigenvalue weighted by atomic mass is 10.1. The quantitative estimate of drug-likeness (QED) is 0.792. The van der Waals surface area contributed by atoms with Gasteiger partial charge >= 0.3 is 0 Å². The maximum absolute atomic E-state index is 12.6. The molecule has 4 rings (SSSR count). The highest BCUT2D eigenvalue weighted by atomic mass is 16.2. The average molecular weight is 397 g/mol. The molecule has 154 valence electrons. The number of hydrogen-bond donors (Lipinski definition) is 1. The third-order valence-electron chi connectivity index (χ3n) is 5.76. The van der Waals surface area contributed by atoms with Gasteiger partial charge in [0, 0.05) is 69.2 Å². The highest BCUT2D eigenvalue weighted by Crippen LogP contribution is 2.26. The van der Waals surface area contributed by atoms with Crippen LogP contribution in [0.5, 0.6) is 0 Å². The number of fused-ring (bicyclic) bond motifs is 1. The Hall–Kier alpha value is -2.97. The summed E-state index contributed by atoms with van der Waals surface area (Å²) in [4.78, 5) is 39.3. The molecule has 2 aromatic heterocycles. The van der Waals surface area contributed by atoms with Crippen molar-refractivity contribution in [3.05, 3.63) is 39.4 Å². The largest absolute Gasteiger partial charge is 0.355 e. The van der Waals surface area contributed by atoms with Crippen molar-refractivity contribution in [2.45, 2.75) is 33.1 Å². The summed E-state index contributed by atoms with van der Waals surface area (Å²) in [5, 5.41) is 6.77. The third-order valence-corrected chi connectivity index (χ3v) is 5.76. The summed E-state index contributed by atoms with van der Waals surface area (Å²) < 4.78 is 0. The summed E-state index contributed by atoms with van der Waals surface area (Å²) in [6.45, 7) is 8.34. The molecular weight excluding hydrogens is 370 g/mol. The van der Waals surface area contributed by atoms with E-state index in [2.05, 4.69) is 30.0 Å². The van der Waals surface area contributed by atoms with Crippen molar-refractivity contribution in [2.75, 3.05) is 49.1 Å². The van der Waals surface area contributed by atoms with Gasteiger partial charge in [-0.2, -0.15) is 5.10 Å². The van der Waals surface area contributed by atoms with Gasteiger partial charge in [-0.15, -0.1) is 0 Å². The summed E-state index contributed by atoms with van der Waals surface area (Å²) in [5.41, 5.74) is 2.72. The second-order valence-electron chi connectivity index (χ2n) is 7.75. The fourth-order valence-corrected chi connectivity index (χ4v) is 3.98. The van der Waals surface area contributed by atoms with Crippen LogP contribution >= 0.6 is 0 Å². The zero-order valence-corrected chi connectivity index (χ0v) is 17.0. The van der Waals surface area contributed by atoms with E-state index in [0.29, 0.717) is 19.5 Å². The first-order chi connectivity index (χ1) is 14.0. The third kappa shape index (κ3) is 4.08. The van der Waals surface area contributed by atoms with Crippen LogP contribution in [0.15, 0.2) is 17.2 Å². The van der Waals surface area contributed by atoms with E-state index >= 15 is 0 Å². The molecular formula is C20H27N7O2. The van der Waals surface area contributed by atoms with Crippen molar-refractivity contribution in [1.29, 1.82) is 0 Å². The maximum atomic E-state index is 12.6. The highest BCUT2D eigenvalue weighted by molar-refractivity contribution is 5.76. The summed E-state index contributed by atoms with van der Waals surface area (Å²) in [7, 11) is 0. The number of nitrogens with one attached hydrogen (secondary N) is 1. The molecule has 0 atom stereocenters. The Balaban J connectivity index is 1.24. The first-order valence-electron chi connectivity index (χ1n) is 10.2. The summed E-state index contributed by atoms with van der Waals surface area (Å²) >= 11 is 0. The topological polar surface area (TPSA) is 98.3 Å². The van der Waals surface area contributed by atoms with E-state index < -0.39 is 0 Å². The Kier molecular flexibility index (Phi) is 5.46. The molecule has 2 aromatic rings. The number of carbonyl (C=O) groups excluding carboxylic acids is 1. The lowest BCUT2D eigenvalue weighted by Crippen LogP contribution is -2.49. The van der Waals surface area contributed by atoms with Crippen LogP contribution in [0.3, 0.4) is 0 Å². The molecule has 4 heterocycles. The monoisotopic (exact) mass is 397 g/mol. The molecule has 9 heteroatoms. The molecule has 0 saturated carbocycles. The van der Waals surface area contributed by atoms with Gasteiger partial charge in [0.25, 0.3) is 5.56 Å². The first kappa shape index (κ1) is 19.4. The summed E-state index contributed by atoms with van der Waals surface area (Å²) in [5.74, 6) is 1.79. The normalized spacial score (nSPS) is 16.3. The molecule has 2 aliphatic rings. The standard InChI is InChI=1S/C20H27N7O2/c1-14-12-21-20(22-13-14)27-10-8-25(9-11-27)17(28)4-3-6-26-7-5-16-15(2)19(29)24-23-18(16)26/h12-13H,3-11H2,1-2H3,(H,24,29). The second kappa shape index (κ2) is 8.18. The van der Waals surface area contributed by atoms with Crippen LogP contribution in [0.2, 0.25) is 0 Å². The fourth-order valence-electron chi connectivity index (χ4n) is 3.98. The fraction of sp³-hybridized carbons (Fsp3) is 0.550. The number of aryl methyl sites for hydroxylation is 1. The number of H-pyrrole nitrogens is 1. The van der Waals surface area contributed by atoms with Crippen molar-refractivity contribution in [3.63, 3.8) is 0 Å². The van der Waals surface area contributed by atoms with Gasteiger partial charge in [0.05, 0.1) is 0 Å². The minimum absolute atomic E-state index is 0.115. The predicted octanol–water partition coefficient (Wildman–Crippen LogP) is 0.668. The van der Waals surface area contributed by atoms with Gasteiger partial charge in [-0.1, -0.05) is 0 Å². The van der Waals surface area contributed by atoms with E-state index in [-0.39, 0.29) is 11.5 Å². The Morgan fingerprint density at radius 1 is 1.10 bits per heavy atom. The molecule has 1 fully saturated rings. The Morgan fingerprint density at radius 3 is 2.55 bits per heavy atom. The maximum Gasteiger partial charge on any atom is 0.267 e. The smallest absolute Gasteiger partial charge is 0.267 e. The molecule has 2 aliphatic heterocycles. The van der Waals surface area contributed by atoms with E-state index in [9.17, 15) is 9.59 Å². The number of rotatable bonds is 5. The molecule has 0 radical (unpaired) electrons. The molecule has 0 aliphatic carbocycles. The van der Waals surface area contributed by atoms with Gasteiger partial charge in [0.1, 0.15) is 0 Å². The highest BCUT2D eigenvalue weighted by Gasteiger charge is 2.25. The predicted molar refractivity (Wildman–Crippen MR) is 110 cm³/mol. The first-order valence-corrected chi connectivity index (χ1v) is 10.2. The second-order valence-corrected chi connectivity index (χ2v) is 7.75. The van der Waals surface area contributed by atoms with Gasteiger partial charge in [-0.05, 0) is 32.3 Å². The van der Waals surface area contributed by atoms with Crippen molar-refractivity contribution >= 4 is 17.7 Å². The number of amides is 1. The SMILES string of the molecule is Cc1cnc(N2CCN(C(=O)CCCN3CCc4c3n[nH]c(=O)c4C)CC2)nc1. The van der Waals surface area contributed by atoms with Gasteiger partial charge in [0.2, 0.25) is 11.9 Å². The lowest BCUT2D eigenvalue weighted by Gasteiger charge is -2.34. The molecule has 9 nitrogen and oxygen atoms in total. The van der Waals surface area contributed by atoms with E-state index in [1.54, 1.807) is 0 Å². The van der Waals surface area contributed by atoms with Gasteiger partial charge in [-0.25, -0.2) is 15.1 Å². The molecule has 1 N–H and O–H groups in total. The summed E-state index contributed by atoms with van der Waals surface area (Å²) in [6, 6.07) is 0. The molecule has 1 amide bonds. The number of anilines is 2. The van der Waals surface area contributed by atoms with E-state index in [1.807, 2.05) is 31.1 Å². The number of carbonyl (C=O) groups is 1. The van der Waals surface area contributed by atoms with Crippen LogP contribution in [0.4, 0.5) is 11.8 Å². The molecule has 29 heavy (non-hydrogen) atoms. The van der Waals surface area contributed by atoms with E-state index in [1.165, 1.54) is 0 Å². The Morgan fingerprint density at radius 2 is 1.83 bits per heavy atom. The average Bonchev–Trinajstić information content (AvgIpc) is 3.15. The Bertz CT molecular complexity index is 933. The number of nitrogens with zero attached hydrogens (tertiary/aromatic N) is 6. The number of aromatic nitrogens is 4.